The predicted octanol–water partition coefficient (Wildman–Crippen LogP) is 4.56. The largest absolute Gasteiger partial charge is 0.338 e. The smallest absolute Gasteiger partial charge is 0.265 e. The van der Waals surface area contributed by atoms with E-state index in [1.54, 1.807) is 0 Å². The Morgan fingerprint density at radius 3 is 2.34 bits per heavy atom. The lowest BCUT2D eigenvalue weighted by Gasteiger charge is -2.36. The third kappa shape index (κ3) is 4.07. The number of piperidine rings is 1. The van der Waals surface area contributed by atoms with Gasteiger partial charge in [0.2, 0.25) is 5.91 Å². The van der Waals surface area contributed by atoms with Crippen LogP contribution < -0.4 is 0 Å². The maximum atomic E-state index is 13.2. The average molecular weight is 446 g/mol. The highest BCUT2D eigenvalue weighted by Crippen LogP contribution is 2.30. The SMILES string of the molecule is Cc1nc(-c2ccccc2)sc1C(=O)N1CCC(C(=O)N2CCc3ccccc3C2)CC1. The van der Waals surface area contributed by atoms with Crippen molar-refractivity contribution in [2.24, 2.45) is 5.92 Å². The Labute approximate surface area is 192 Å². The van der Waals surface area contributed by atoms with Crippen molar-refractivity contribution in [3.63, 3.8) is 0 Å². The Hall–Kier alpha value is -2.99. The van der Waals surface area contributed by atoms with Gasteiger partial charge in [-0.3, -0.25) is 9.59 Å². The number of carbonyl (C=O) groups is 2. The third-order valence-corrected chi connectivity index (χ3v) is 7.78. The molecular weight excluding hydrogens is 418 g/mol. The van der Waals surface area contributed by atoms with Crippen LogP contribution in [0.4, 0.5) is 0 Å². The summed E-state index contributed by atoms with van der Waals surface area (Å²) in [4.78, 5) is 35.6. The molecule has 5 rings (SSSR count). The average Bonchev–Trinajstić information content (AvgIpc) is 3.25. The van der Waals surface area contributed by atoms with Gasteiger partial charge < -0.3 is 9.80 Å². The van der Waals surface area contributed by atoms with Crippen LogP contribution in [0.2, 0.25) is 0 Å². The number of carbonyl (C=O) groups excluding carboxylic acids is 2. The van der Waals surface area contributed by atoms with Gasteiger partial charge in [-0.2, -0.15) is 0 Å². The van der Waals surface area contributed by atoms with E-state index in [0.717, 1.165) is 42.1 Å². The minimum Gasteiger partial charge on any atom is -0.338 e. The number of aryl methyl sites for hydroxylation is 1. The van der Waals surface area contributed by atoms with Crippen molar-refractivity contribution in [2.75, 3.05) is 19.6 Å². The van der Waals surface area contributed by atoms with Crippen LogP contribution in [0.5, 0.6) is 0 Å². The van der Waals surface area contributed by atoms with E-state index in [-0.39, 0.29) is 17.7 Å². The fourth-order valence-electron chi connectivity index (χ4n) is 4.71. The maximum Gasteiger partial charge on any atom is 0.265 e. The summed E-state index contributed by atoms with van der Waals surface area (Å²) < 4.78 is 0. The number of aromatic nitrogens is 1. The van der Waals surface area contributed by atoms with Crippen LogP contribution >= 0.6 is 11.3 Å². The van der Waals surface area contributed by atoms with E-state index < -0.39 is 0 Å². The zero-order chi connectivity index (χ0) is 22.1. The Bertz CT molecular complexity index is 1130. The third-order valence-electron chi connectivity index (χ3n) is 6.59. The van der Waals surface area contributed by atoms with Crippen LogP contribution in [0.15, 0.2) is 54.6 Å². The second-order valence-corrected chi connectivity index (χ2v) is 9.64. The first kappa shape index (κ1) is 20.9. The molecule has 1 fully saturated rings. The highest BCUT2D eigenvalue weighted by atomic mass is 32.1. The molecule has 3 aromatic rings. The summed E-state index contributed by atoms with van der Waals surface area (Å²) in [6, 6.07) is 18.4. The van der Waals surface area contributed by atoms with E-state index >= 15 is 0 Å². The van der Waals surface area contributed by atoms with E-state index in [1.807, 2.05) is 53.1 Å². The van der Waals surface area contributed by atoms with Crippen molar-refractivity contribution in [1.29, 1.82) is 0 Å². The molecule has 0 unspecified atom stereocenters. The van der Waals surface area contributed by atoms with Crippen LogP contribution in [-0.4, -0.2) is 46.2 Å². The molecule has 0 aliphatic carbocycles. The van der Waals surface area contributed by atoms with Gasteiger partial charge >= 0.3 is 0 Å². The van der Waals surface area contributed by atoms with E-state index in [2.05, 4.69) is 23.2 Å². The number of likely N-dealkylation sites (tertiary alicyclic amines) is 1. The van der Waals surface area contributed by atoms with Crippen LogP contribution in [0.1, 0.15) is 39.3 Å². The molecule has 0 radical (unpaired) electrons. The fraction of sp³-hybridized carbons (Fsp3) is 0.346. The molecule has 1 aromatic heterocycles. The molecular formula is C26H27N3O2S. The summed E-state index contributed by atoms with van der Waals surface area (Å²) in [6.07, 6.45) is 2.38. The van der Waals surface area contributed by atoms with E-state index in [4.69, 9.17) is 0 Å². The fourth-order valence-corrected chi connectivity index (χ4v) is 5.75. The van der Waals surface area contributed by atoms with Gasteiger partial charge in [0, 0.05) is 37.7 Å². The lowest BCUT2D eigenvalue weighted by molar-refractivity contribution is -0.137. The molecule has 2 amide bonds. The van der Waals surface area contributed by atoms with Gasteiger partial charge in [0.25, 0.3) is 5.91 Å². The minimum absolute atomic E-state index is 0.00625. The Morgan fingerprint density at radius 2 is 1.59 bits per heavy atom. The number of hydrogen-bond acceptors (Lipinski definition) is 4. The standard InChI is InChI=1S/C26H27N3O2S/c1-18-23(32-24(27-18)20-8-3-2-4-9-20)26(31)28-14-12-21(13-15-28)25(30)29-16-11-19-7-5-6-10-22(19)17-29/h2-10,21H,11-17H2,1H3. The molecule has 6 heteroatoms. The zero-order valence-corrected chi connectivity index (χ0v) is 19.1. The Morgan fingerprint density at radius 1 is 0.906 bits per heavy atom. The van der Waals surface area contributed by atoms with Gasteiger partial charge in [0.1, 0.15) is 9.88 Å². The molecule has 0 N–H and O–H groups in total. The molecule has 0 atom stereocenters. The van der Waals surface area contributed by atoms with Crippen molar-refractivity contribution in [3.05, 3.63) is 76.3 Å². The number of thiazole rings is 1. The van der Waals surface area contributed by atoms with Crippen molar-refractivity contribution in [2.45, 2.75) is 32.7 Å². The molecule has 5 nitrogen and oxygen atoms in total. The predicted molar refractivity (Wildman–Crippen MR) is 126 cm³/mol. The van der Waals surface area contributed by atoms with Crippen LogP contribution in [0, 0.1) is 12.8 Å². The number of amides is 2. The number of fused-ring (bicyclic) bond motifs is 1. The number of nitrogens with zero attached hydrogens (tertiary/aromatic N) is 3. The molecule has 32 heavy (non-hydrogen) atoms. The summed E-state index contributed by atoms with van der Waals surface area (Å²) in [5.41, 5.74) is 4.43. The van der Waals surface area contributed by atoms with Crippen LogP contribution in [-0.2, 0) is 17.8 Å². The van der Waals surface area contributed by atoms with Crippen molar-refractivity contribution in [1.82, 2.24) is 14.8 Å². The first-order valence-electron chi connectivity index (χ1n) is 11.3. The summed E-state index contributed by atoms with van der Waals surface area (Å²) >= 11 is 1.46. The molecule has 0 spiro atoms. The quantitative estimate of drug-likeness (QED) is 0.594. The molecule has 2 aliphatic rings. The topological polar surface area (TPSA) is 53.5 Å². The first-order valence-corrected chi connectivity index (χ1v) is 12.1. The number of hydrogen-bond donors (Lipinski definition) is 0. The molecule has 1 saturated heterocycles. The molecule has 3 heterocycles. The molecule has 0 saturated carbocycles. The van der Waals surface area contributed by atoms with Crippen LogP contribution in [0.25, 0.3) is 10.6 Å². The van der Waals surface area contributed by atoms with Crippen molar-refractivity contribution >= 4 is 23.2 Å². The van der Waals surface area contributed by atoms with Gasteiger partial charge in [-0.1, -0.05) is 54.6 Å². The minimum atomic E-state index is 0.00625. The van der Waals surface area contributed by atoms with Gasteiger partial charge in [-0.25, -0.2) is 4.98 Å². The molecule has 164 valence electrons. The highest BCUT2D eigenvalue weighted by molar-refractivity contribution is 7.17. The van der Waals surface area contributed by atoms with Gasteiger partial charge in [0.15, 0.2) is 0 Å². The summed E-state index contributed by atoms with van der Waals surface area (Å²) in [7, 11) is 0. The lowest BCUT2D eigenvalue weighted by Crippen LogP contribution is -2.45. The highest BCUT2D eigenvalue weighted by Gasteiger charge is 2.32. The second-order valence-electron chi connectivity index (χ2n) is 8.64. The van der Waals surface area contributed by atoms with Gasteiger partial charge in [0.05, 0.1) is 5.69 Å². The normalized spacial score (nSPS) is 16.7. The van der Waals surface area contributed by atoms with E-state index in [1.165, 1.54) is 22.5 Å². The Balaban J connectivity index is 1.21. The van der Waals surface area contributed by atoms with Gasteiger partial charge in [-0.15, -0.1) is 11.3 Å². The lowest BCUT2D eigenvalue weighted by atomic mass is 9.93. The molecule has 2 aromatic carbocycles. The summed E-state index contributed by atoms with van der Waals surface area (Å²) in [6.45, 7) is 4.64. The number of rotatable bonds is 3. The second kappa shape index (κ2) is 8.87. The van der Waals surface area contributed by atoms with Crippen molar-refractivity contribution in [3.8, 4) is 10.6 Å². The van der Waals surface area contributed by atoms with Crippen LogP contribution in [0.3, 0.4) is 0 Å². The molecule has 2 aliphatic heterocycles. The summed E-state index contributed by atoms with van der Waals surface area (Å²) in [5, 5.41) is 0.877. The number of benzene rings is 2. The Kier molecular flexibility index (Phi) is 5.79. The summed E-state index contributed by atoms with van der Waals surface area (Å²) in [5.74, 6) is 0.290. The van der Waals surface area contributed by atoms with E-state index in [9.17, 15) is 9.59 Å². The molecule has 0 bridgehead atoms. The van der Waals surface area contributed by atoms with Gasteiger partial charge in [-0.05, 0) is 37.3 Å². The van der Waals surface area contributed by atoms with Crippen molar-refractivity contribution < 1.29 is 9.59 Å². The van der Waals surface area contributed by atoms with E-state index in [0.29, 0.717) is 24.5 Å². The maximum absolute atomic E-state index is 13.2. The zero-order valence-electron chi connectivity index (χ0n) is 18.3. The first-order chi connectivity index (χ1) is 15.6. The monoisotopic (exact) mass is 445 g/mol.